The van der Waals surface area contributed by atoms with Crippen LogP contribution in [0.3, 0.4) is 0 Å². The maximum absolute atomic E-state index is 12.2. The van der Waals surface area contributed by atoms with Crippen LogP contribution in [-0.4, -0.2) is 43.5 Å². The summed E-state index contributed by atoms with van der Waals surface area (Å²) in [5, 5.41) is 0.912. The predicted octanol–water partition coefficient (Wildman–Crippen LogP) is 2.34. The zero-order valence-electron chi connectivity index (χ0n) is 10.8. The molecule has 19 heavy (non-hydrogen) atoms. The summed E-state index contributed by atoms with van der Waals surface area (Å²) >= 11 is 0. The minimum absolute atomic E-state index is 0.149. The molecule has 0 aliphatic carbocycles. The van der Waals surface area contributed by atoms with Crippen LogP contribution in [0.2, 0.25) is 0 Å². The number of fused-ring (bicyclic) bond motifs is 1. The number of hydrogen-bond acceptors (Lipinski definition) is 4. The van der Waals surface area contributed by atoms with Crippen LogP contribution in [0.4, 0.5) is 0 Å². The number of morpholine rings is 1. The monoisotopic (exact) mass is 259 g/mol. The van der Waals surface area contributed by atoms with Gasteiger partial charge in [-0.25, -0.2) is 0 Å². The summed E-state index contributed by atoms with van der Waals surface area (Å²) < 4.78 is 10.7. The SMILES string of the molecule is O=C(CCN1CCOCC1)c1coc2ccccc12. The summed E-state index contributed by atoms with van der Waals surface area (Å²) in [6.45, 7) is 4.16. The van der Waals surface area contributed by atoms with Crippen molar-refractivity contribution in [2.75, 3.05) is 32.8 Å². The van der Waals surface area contributed by atoms with Crippen LogP contribution in [0.5, 0.6) is 0 Å². The molecule has 0 unspecified atom stereocenters. The van der Waals surface area contributed by atoms with Crippen LogP contribution in [0.15, 0.2) is 34.9 Å². The van der Waals surface area contributed by atoms with E-state index in [1.165, 1.54) is 0 Å². The molecule has 0 radical (unpaired) electrons. The molecule has 1 aromatic heterocycles. The molecule has 0 bridgehead atoms. The number of nitrogens with zero attached hydrogens (tertiary/aromatic N) is 1. The van der Waals surface area contributed by atoms with Crippen molar-refractivity contribution in [3.63, 3.8) is 0 Å². The van der Waals surface area contributed by atoms with Gasteiger partial charge in [0.2, 0.25) is 0 Å². The molecule has 0 amide bonds. The van der Waals surface area contributed by atoms with Gasteiger partial charge in [-0.2, -0.15) is 0 Å². The number of hydrogen-bond donors (Lipinski definition) is 0. The van der Waals surface area contributed by atoms with Gasteiger partial charge in [-0.15, -0.1) is 0 Å². The first-order valence-electron chi connectivity index (χ1n) is 6.64. The summed E-state index contributed by atoms with van der Waals surface area (Å²) in [5.74, 6) is 0.149. The molecule has 0 saturated carbocycles. The van der Waals surface area contributed by atoms with Crippen LogP contribution < -0.4 is 0 Å². The van der Waals surface area contributed by atoms with Crippen molar-refractivity contribution in [2.45, 2.75) is 6.42 Å². The van der Waals surface area contributed by atoms with E-state index < -0.39 is 0 Å². The maximum atomic E-state index is 12.2. The summed E-state index contributed by atoms with van der Waals surface area (Å²) in [6.07, 6.45) is 2.11. The van der Waals surface area contributed by atoms with E-state index in [2.05, 4.69) is 4.90 Å². The molecule has 2 aromatic rings. The van der Waals surface area contributed by atoms with Crippen molar-refractivity contribution in [1.29, 1.82) is 0 Å². The Hall–Kier alpha value is -1.65. The Morgan fingerprint density at radius 3 is 2.84 bits per heavy atom. The molecule has 1 aliphatic rings. The normalized spacial score (nSPS) is 16.8. The van der Waals surface area contributed by atoms with Gasteiger partial charge in [0.05, 0.1) is 18.8 Å². The van der Waals surface area contributed by atoms with Gasteiger partial charge in [0.15, 0.2) is 5.78 Å². The molecule has 3 rings (SSSR count). The van der Waals surface area contributed by atoms with E-state index in [-0.39, 0.29) is 5.78 Å². The van der Waals surface area contributed by atoms with Crippen LogP contribution in [-0.2, 0) is 4.74 Å². The molecule has 1 aromatic carbocycles. The van der Waals surface area contributed by atoms with Crippen LogP contribution >= 0.6 is 0 Å². The van der Waals surface area contributed by atoms with E-state index in [9.17, 15) is 4.79 Å². The lowest BCUT2D eigenvalue weighted by atomic mass is 10.1. The van der Waals surface area contributed by atoms with Crippen molar-refractivity contribution in [2.24, 2.45) is 0 Å². The zero-order chi connectivity index (χ0) is 13.1. The molecule has 0 N–H and O–H groups in total. The van der Waals surface area contributed by atoms with Crippen molar-refractivity contribution in [3.05, 3.63) is 36.1 Å². The fourth-order valence-corrected chi connectivity index (χ4v) is 2.41. The smallest absolute Gasteiger partial charge is 0.168 e. The fraction of sp³-hybridized carbons (Fsp3) is 0.400. The molecular weight excluding hydrogens is 242 g/mol. The number of Topliss-reactive ketones (excluding diaryl/α,β-unsaturated/α-hetero) is 1. The van der Waals surface area contributed by atoms with Crippen LogP contribution in [0, 0.1) is 0 Å². The number of para-hydroxylation sites is 1. The third kappa shape index (κ3) is 2.69. The lowest BCUT2D eigenvalue weighted by Crippen LogP contribution is -2.37. The molecule has 100 valence electrons. The highest BCUT2D eigenvalue weighted by Crippen LogP contribution is 2.22. The van der Waals surface area contributed by atoms with E-state index in [4.69, 9.17) is 9.15 Å². The first-order chi connectivity index (χ1) is 9.34. The summed E-state index contributed by atoms with van der Waals surface area (Å²) in [5.41, 5.74) is 1.47. The highest BCUT2D eigenvalue weighted by atomic mass is 16.5. The first-order valence-corrected chi connectivity index (χ1v) is 6.64. The third-order valence-electron chi connectivity index (χ3n) is 3.54. The van der Waals surface area contributed by atoms with Gasteiger partial charge in [-0.1, -0.05) is 18.2 Å². The van der Waals surface area contributed by atoms with E-state index in [1.54, 1.807) is 6.26 Å². The van der Waals surface area contributed by atoms with Crippen LogP contribution in [0.25, 0.3) is 11.0 Å². The number of ketones is 1. The third-order valence-corrected chi connectivity index (χ3v) is 3.54. The number of ether oxygens (including phenoxy) is 1. The fourth-order valence-electron chi connectivity index (χ4n) is 2.41. The molecule has 2 heterocycles. The molecule has 1 fully saturated rings. The topological polar surface area (TPSA) is 42.7 Å². The lowest BCUT2D eigenvalue weighted by molar-refractivity contribution is 0.0370. The average Bonchev–Trinajstić information content (AvgIpc) is 2.90. The maximum Gasteiger partial charge on any atom is 0.168 e. The molecule has 1 saturated heterocycles. The largest absolute Gasteiger partial charge is 0.464 e. The van der Waals surface area contributed by atoms with Crippen molar-refractivity contribution < 1.29 is 13.9 Å². The Balaban J connectivity index is 1.66. The van der Waals surface area contributed by atoms with Crippen molar-refractivity contribution >= 4 is 16.8 Å². The van der Waals surface area contributed by atoms with Gasteiger partial charge in [-0.05, 0) is 6.07 Å². The number of benzene rings is 1. The van der Waals surface area contributed by atoms with Gasteiger partial charge in [0, 0.05) is 31.4 Å². The van der Waals surface area contributed by atoms with E-state index >= 15 is 0 Å². The second kappa shape index (κ2) is 5.55. The van der Waals surface area contributed by atoms with Gasteiger partial charge < -0.3 is 9.15 Å². The minimum atomic E-state index is 0.149. The van der Waals surface area contributed by atoms with E-state index in [1.807, 2.05) is 24.3 Å². The van der Waals surface area contributed by atoms with E-state index in [0.29, 0.717) is 12.0 Å². The summed E-state index contributed by atoms with van der Waals surface area (Å²) in [7, 11) is 0. The van der Waals surface area contributed by atoms with Crippen LogP contribution in [0.1, 0.15) is 16.8 Å². The van der Waals surface area contributed by atoms with Gasteiger partial charge in [-0.3, -0.25) is 9.69 Å². The molecular formula is C15H17NO3. The Bertz CT molecular complexity index is 570. The Labute approximate surface area is 111 Å². The van der Waals surface area contributed by atoms with E-state index in [0.717, 1.165) is 43.8 Å². The molecule has 0 atom stereocenters. The van der Waals surface area contributed by atoms with Gasteiger partial charge >= 0.3 is 0 Å². The number of carbonyl (C=O) groups excluding carboxylic acids is 1. The average molecular weight is 259 g/mol. The van der Waals surface area contributed by atoms with Gasteiger partial charge in [0.1, 0.15) is 11.8 Å². The number of furan rings is 1. The molecule has 4 heteroatoms. The lowest BCUT2D eigenvalue weighted by Gasteiger charge is -2.26. The quantitative estimate of drug-likeness (QED) is 0.790. The summed E-state index contributed by atoms with van der Waals surface area (Å²) in [4.78, 5) is 14.5. The Morgan fingerprint density at radius 2 is 2.00 bits per heavy atom. The molecule has 1 aliphatic heterocycles. The Kier molecular flexibility index (Phi) is 3.62. The first kappa shape index (κ1) is 12.4. The summed E-state index contributed by atoms with van der Waals surface area (Å²) in [6, 6.07) is 7.65. The second-order valence-corrected chi connectivity index (χ2v) is 4.77. The van der Waals surface area contributed by atoms with Crippen molar-refractivity contribution in [1.82, 2.24) is 4.90 Å². The second-order valence-electron chi connectivity index (χ2n) is 4.77. The zero-order valence-corrected chi connectivity index (χ0v) is 10.8. The molecule has 0 spiro atoms. The number of carbonyl (C=O) groups is 1. The minimum Gasteiger partial charge on any atom is -0.464 e. The highest BCUT2D eigenvalue weighted by Gasteiger charge is 2.16. The number of rotatable bonds is 4. The standard InChI is InChI=1S/C15H17NO3/c17-14(5-6-16-7-9-18-10-8-16)13-11-19-15-4-2-1-3-12(13)15/h1-4,11H,5-10H2. The van der Waals surface area contributed by atoms with Gasteiger partial charge in [0.25, 0.3) is 0 Å². The highest BCUT2D eigenvalue weighted by molar-refractivity contribution is 6.07. The predicted molar refractivity (Wildman–Crippen MR) is 72.4 cm³/mol. The molecule has 4 nitrogen and oxygen atoms in total. The van der Waals surface area contributed by atoms with Crippen molar-refractivity contribution in [3.8, 4) is 0 Å². The Morgan fingerprint density at radius 1 is 1.21 bits per heavy atom.